The van der Waals surface area contributed by atoms with E-state index in [0.29, 0.717) is 0 Å². The van der Waals surface area contributed by atoms with Crippen molar-refractivity contribution < 1.29 is 27.5 Å². The number of benzene rings is 1. The van der Waals surface area contributed by atoms with Gasteiger partial charge >= 0.3 is 12.3 Å². The molecule has 1 aliphatic rings. The van der Waals surface area contributed by atoms with Gasteiger partial charge in [-0.2, -0.15) is 13.2 Å². The molecule has 1 aromatic rings. The predicted molar refractivity (Wildman–Crippen MR) is 91.3 cm³/mol. The van der Waals surface area contributed by atoms with Crippen molar-refractivity contribution in [1.82, 2.24) is 4.90 Å². The number of hydrogen-bond donors (Lipinski definition) is 0. The number of nitrogens with zero attached hydrogens (tertiary/aromatic N) is 2. The van der Waals surface area contributed by atoms with E-state index < -0.39 is 29.9 Å². The van der Waals surface area contributed by atoms with Gasteiger partial charge in [0, 0.05) is 22.7 Å². The molecule has 0 saturated heterocycles. The maximum atomic E-state index is 13.9. The fourth-order valence-corrected chi connectivity index (χ4v) is 2.82. The zero-order valence-electron chi connectivity index (χ0n) is 14.4. The molecule has 1 aliphatic heterocycles. The van der Waals surface area contributed by atoms with E-state index >= 15 is 0 Å². The van der Waals surface area contributed by atoms with Gasteiger partial charge in [0.1, 0.15) is 5.60 Å². The second-order valence-corrected chi connectivity index (χ2v) is 7.67. The third-order valence-corrected chi connectivity index (χ3v) is 3.99. The molecule has 0 N–H and O–H groups in total. The van der Waals surface area contributed by atoms with Crippen LogP contribution < -0.4 is 0 Å². The van der Waals surface area contributed by atoms with E-state index in [1.807, 2.05) is 0 Å². The zero-order chi connectivity index (χ0) is 19.9. The van der Waals surface area contributed by atoms with E-state index in [9.17, 15) is 18.0 Å². The van der Waals surface area contributed by atoms with Crippen LogP contribution in [0.4, 0.5) is 18.0 Å². The topological polar surface area (TPSA) is 51.1 Å². The molecule has 0 radical (unpaired) electrons. The van der Waals surface area contributed by atoms with Crippen molar-refractivity contribution in [1.29, 1.82) is 0 Å². The monoisotopic (exact) mass is 412 g/mol. The Morgan fingerprint density at radius 2 is 1.77 bits per heavy atom. The molecule has 1 unspecified atom stereocenters. The zero-order valence-corrected chi connectivity index (χ0v) is 16.0. The molecule has 2 rings (SSSR count). The maximum Gasteiger partial charge on any atom is 0.435 e. The van der Waals surface area contributed by atoms with Gasteiger partial charge < -0.3 is 9.57 Å². The van der Waals surface area contributed by atoms with Crippen LogP contribution in [-0.4, -0.2) is 35.7 Å². The minimum absolute atomic E-state index is 0.0219. The SMILES string of the molecule is CN(C(=O)OC(C)(C)C)C1=NOC(c2cc(Cl)cc(Cl)c2)(C(F)(F)F)C1. The average Bonchev–Trinajstić information content (AvgIpc) is 2.89. The number of rotatable bonds is 1. The van der Waals surface area contributed by atoms with Gasteiger partial charge in [-0.25, -0.2) is 4.79 Å². The van der Waals surface area contributed by atoms with Crippen molar-refractivity contribution in [3.8, 4) is 0 Å². The molecule has 1 aromatic carbocycles. The van der Waals surface area contributed by atoms with E-state index in [-0.39, 0.29) is 21.4 Å². The second kappa shape index (κ2) is 6.81. The molecule has 0 saturated carbocycles. The van der Waals surface area contributed by atoms with Crippen LogP contribution in [0, 0.1) is 0 Å². The van der Waals surface area contributed by atoms with Crippen LogP contribution >= 0.6 is 23.2 Å². The Hall–Kier alpha value is -1.67. The van der Waals surface area contributed by atoms with Crippen LogP contribution in [0.3, 0.4) is 0 Å². The van der Waals surface area contributed by atoms with Gasteiger partial charge in [-0.05, 0) is 39.0 Å². The lowest BCUT2D eigenvalue weighted by Gasteiger charge is -2.30. The molecule has 0 aliphatic carbocycles. The molecule has 1 heterocycles. The summed E-state index contributed by atoms with van der Waals surface area (Å²) in [5.74, 6) is -0.229. The van der Waals surface area contributed by atoms with Crippen LogP contribution in [0.25, 0.3) is 0 Å². The number of alkyl halides is 3. The van der Waals surface area contributed by atoms with Gasteiger partial charge in [0.15, 0.2) is 5.84 Å². The van der Waals surface area contributed by atoms with Crippen molar-refractivity contribution in [2.45, 2.75) is 44.6 Å². The van der Waals surface area contributed by atoms with Gasteiger partial charge in [-0.1, -0.05) is 28.4 Å². The summed E-state index contributed by atoms with van der Waals surface area (Å²) in [6, 6.07) is 3.51. The molecule has 1 atom stereocenters. The molecule has 26 heavy (non-hydrogen) atoms. The first-order valence-corrected chi connectivity index (χ1v) is 8.26. The van der Waals surface area contributed by atoms with E-state index in [2.05, 4.69) is 5.16 Å². The van der Waals surface area contributed by atoms with Crippen LogP contribution in [0.2, 0.25) is 10.0 Å². The van der Waals surface area contributed by atoms with Gasteiger partial charge in [-0.15, -0.1) is 0 Å². The van der Waals surface area contributed by atoms with Gasteiger partial charge in [0.05, 0.1) is 6.42 Å². The number of ether oxygens (including phenoxy) is 1. The van der Waals surface area contributed by atoms with Crippen LogP contribution in [0.5, 0.6) is 0 Å². The number of hydrogen-bond acceptors (Lipinski definition) is 4. The van der Waals surface area contributed by atoms with Crippen LogP contribution in [0.1, 0.15) is 32.8 Å². The molecule has 144 valence electrons. The standard InChI is InChI=1S/C16H17Cl2F3N2O3/c1-14(2,3)25-13(24)23(4)12-8-15(26-22-12,16(19,20)21)9-5-10(17)7-11(18)6-9/h5-7H,8H2,1-4H3. The molecule has 0 aromatic heterocycles. The normalized spacial score (nSPS) is 20.4. The smallest absolute Gasteiger partial charge is 0.435 e. The van der Waals surface area contributed by atoms with Gasteiger partial charge in [0.2, 0.25) is 0 Å². The van der Waals surface area contributed by atoms with Crippen molar-refractivity contribution in [2.75, 3.05) is 7.05 Å². The molecular weight excluding hydrogens is 396 g/mol. The highest BCUT2D eigenvalue weighted by Gasteiger charge is 2.63. The first kappa shape index (κ1) is 20.6. The van der Waals surface area contributed by atoms with Crippen molar-refractivity contribution in [2.24, 2.45) is 5.16 Å². The quantitative estimate of drug-likeness (QED) is 0.624. The van der Waals surface area contributed by atoms with Gasteiger partial charge in [0.25, 0.3) is 5.60 Å². The fourth-order valence-electron chi connectivity index (χ4n) is 2.29. The second-order valence-electron chi connectivity index (χ2n) is 6.80. The van der Waals surface area contributed by atoms with E-state index in [1.54, 1.807) is 20.8 Å². The number of carbonyl (C=O) groups excluding carboxylic acids is 1. The third kappa shape index (κ3) is 4.17. The summed E-state index contributed by atoms with van der Waals surface area (Å²) in [4.78, 5) is 17.8. The number of amidine groups is 1. The maximum absolute atomic E-state index is 13.9. The molecule has 1 amide bonds. The number of oxime groups is 1. The lowest BCUT2D eigenvalue weighted by Crippen LogP contribution is -2.45. The average molecular weight is 413 g/mol. The molecule has 5 nitrogen and oxygen atoms in total. The van der Waals surface area contributed by atoms with Crippen molar-refractivity contribution in [3.63, 3.8) is 0 Å². The third-order valence-electron chi connectivity index (χ3n) is 3.56. The molecule has 10 heteroatoms. The number of carbonyl (C=O) groups is 1. The van der Waals surface area contributed by atoms with Crippen molar-refractivity contribution >= 4 is 35.1 Å². The Morgan fingerprint density at radius 3 is 2.23 bits per heavy atom. The first-order chi connectivity index (χ1) is 11.7. The molecule has 0 bridgehead atoms. The molecule has 0 fully saturated rings. The van der Waals surface area contributed by atoms with E-state index in [1.165, 1.54) is 13.1 Å². The summed E-state index contributed by atoms with van der Waals surface area (Å²) >= 11 is 11.7. The Bertz CT molecular complexity index is 727. The van der Waals surface area contributed by atoms with Crippen LogP contribution in [0.15, 0.2) is 23.4 Å². The summed E-state index contributed by atoms with van der Waals surface area (Å²) < 4.78 is 46.7. The minimum Gasteiger partial charge on any atom is -0.443 e. The predicted octanol–water partition coefficient (Wildman–Crippen LogP) is 5.35. The highest BCUT2D eigenvalue weighted by molar-refractivity contribution is 6.34. The van der Waals surface area contributed by atoms with Crippen LogP contribution in [-0.2, 0) is 15.2 Å². The summed E-state index contributed by atoms with van der Waals surface area (Å²) in [5.41, 5.74) is -3.92. The Balaban J connectivity index is 2.35. The Kier molecular flexibility index (Phi) is 5.41. The fraction of sp³-hybridized carbons (Fsp3) is 0.500. The lowest BCUT2D eigenvalue weighted by atomic mass is 9.89. The summed E-state index contributed by atoms with van der Waals surface area (Å²) in [6.45, 7) is 4.92. The Morgan fingerprint density at radius 1 is 1.23 bits per heavy atom. The highest BCUT2D eigenvalue weighted by atomic mass is 35.5. The molecular formula is C16H17Cl2F3N2O3. The summed E-state index contributed by atoms with van der Waals surface area (Å²) in [6.07, 6.45) is -6.41. The first-order valence-electron chi connectivity index (χ1n) is 7.50. The van der Waals surface area contributed by atoms with Gasteiger partial charge in [-0.3, -0.25) is 4.90 Å². The highest BCUT2D eigenvalue weighted by Crippen LogP contribution is 2.49. The van der Waals surface area contributed by atoms with E-state index in [0.717, 1.165) is 17.0 Å². The largest absolute Gasteiger partial charge is 0.443 e. The lowest BCUT2D eigenvalue weighted by molar-refractivity contribution is -0.275. The molecule has 0 spiro atoms. The minimum atomic E-state index is -4.83. The van der Waals surface area contributed by atoms with Crippen molar-refractivity contribution in [3.05, 3.63) is 33.8 Å². The number of halogens is 5. The summed E-state index contributed by atoms with van der Waals surface area (Å²) in [5, 5.41) is 3.52. The Labute approximate surface area is 158 Å². The van der Waals surface area contributed by atoms with E-state index in [4.69, 9.17) is 32.8 Å². The number of amides is 1. The summed E-state index contributed by atoms with van der Waals surface area (Å²) in [7, 11) is 1.26.